The number of rotatable bonds is 2. The SMILES string of the molecule is CC1CC2CC=C(C3CCCCC3CBr)C2CC1C. The van der Waals surface area contributed by atoms with Gasteiger partial charge in [0.1, 0.15) is 0 Å². The van der Waals surface area contributed by atoms with Gasteiger partial charge in [0.15, 0.2) is 0 Å². The van der Waals surface area contributed by atoms with Crippen LogP contribution < -0.4 is 0 Å². The molecule has 6 atom stereocenters. The smallest absolute Gasteiger partial charge is 0.00653 e. The number of halogens is 1. The predicted molar refractivity (Wildman–Crippen MR) is 86.5 cm³/mol. The molecule has 0 radical (unpaired) electrons. The van der Waals surface area contributed by atoms with Gasteiger partial charge in [0.2, 0.25) is 0 Å². The van der Waals surface area contributed by atoms with Crippen molar-refractivity contribution in [1.82, 2.24) is 0 Å². The Balaban J connectivity index is 1.74. The van der Waals surface area contributed by atoms with Crippen LogP contribution in [0.1, 0.15) is 58.8 Å². The van der Waals surface area contributed by atoms with Crippen molar-refractivity contribution in [3.63, 3.8) is 0 Å². The molecule has 3 aliphatic rings. The number of fused-ring (bicyclic) bond motifs is 1. The molecule has 0 aromatic rings. The van der Waals surface area contributed by atoms with Gasteiger partial charge in [0.05, 0.1) is 0 Å². The molecule has 2 saturated carbocycles. The van der Waals surface area contributed by atoms with Crippen LogP contribution in [0.4, 0.5) is 0 Å². The van der Waals surface area contributed by atoms with Gasteiger partial charge < -0.3 is 0 Å². The molecule has 108 valence electrons. The van der Waals surface area contributed by atoms with Gasteiger partial charge in [-0.2, -0.15) is 0 Å². The monoisotopic (exact) mass is 324 g/mol. The van der Waals surface area contributed by atoms with Crippen LogP contribution in [0.25, 0.3) is 0 Å². The lowest BCUT2D eigenvalue weighted by molar-refractivity contribution is 0.152. The Bertz CT molecular complexity index is 346. The Morgan fingerprint density at radius 3 is 2.58 bits per heavy atom. The minimum Gasteiger partial charge on any atom is -0.0925 e. The minimum atomic E-state index is 0.920. The van der Waals surface area contributed by atoms with Crippen LogP contribution in [-0.2, 0) is 0 Å². The van der Waals surface area contributed by atoms with E-state index in [-0.39, 0.29) is 0 Å². The summed E-state index contributed by atoms with van der Waals surface area (Å²) in [6.45, 7) is 4.96. The molecular weight excluding hydrogens is 296 g/mol. The summed E-state index contributed by atoms with van der Waals surface area (Å²) in [5.41, 5.74) is 1.90. The maximum atomic E-state index is 3.78. The van der Waals surface area contributed by atoms with Crippen molar-refractivity contribution < 1.29 is 0 Å². The van der Waals surface area contributed by atoms with E-state index < -0.39 is 0 Å². The summed E-state index contributed by atoms with van der Waals surface area (Å²) in [6.07, 6.45) is 12.9. The van der Waals surface area contributed by atoms with E-state index in [0.29, 0.717) is 0 Å². The van der Waals surface area contributed by atoms with Crippen molar-refractivity contribution in [2.75, 3.05) is 5.33 Å². The van der Waals surface area contributed by atoms with Crippen molar-refractivity contribution >= 4 is 15.9 Å². The highest BCUT2D eigenvalue weighted by Crippen LogP contribution is 2.51. The van der Waals surface area contributed by atoms with E-state index in [1.807, 2.05) is 5.57 Å². The molecule has 6 unspecified atom stereocenters. The Kier molecular flexibility index (Phi) is 4.41. The molecule has 3 aliphatic carbocycles. The molecule has 19 heavy (non-hydrogen) atoms. The maximum absolute atomic E-state index is 3.78. The lowest BCUT2D eigenvalue weighted by Gasteiger charge is -2.41. The zero-order valence-corrected chi connectivity index (χ0v) is 14.2. The Hall–Kier alpha value is 0.220. The van der Waals surface area contributed by atoms with Gasteiger partial charge in [0.25, 0.3) is 0 Å². The Labute approximate surface area is 127 Å². The molecule has 0 bridgehead atoms. The second kappa shape index (κ2) is 5.92. The van der Waals surface area contributed by atoms with E-state index >= 15 is 0 Å². The molecule has 0 nitrogen and oxygen atoms in total. The second-order valence-corrected chi connectivity index (χ2v) is 8.19. The number of alkyl halides is 1. The molecule has 0 saturated heterocycles. The summed E-state index contributed by atoms with van der Waals surface area (Å²) in [5.74, 6) is 5.69. The summed E-state index contributed by atoms with van der Waals surface area (Å²) in [5, 5.41) is 1.22. The van der Waals surface area contributed by atoms with Gasteiger partial charge in [-0.05, 0) is 67.6 Å². The average Bonchev–Trinajstić information content (AvgIpc) is 2.82. The van der Waals surface area contributed by atoms with Crippen molar-refractivity contribution in [3.05, 3.63) is 11.6 Å². The van der Waals surface area contributed by atoms with Crippen LogP contribution in [0.2, 0.25) is 0 Å². The highest BCUT2D eigenvalue weighted by atomic mass is 79.9. The van der Waals surface area contributed by atoms with Crippen molar-refractivity contribution in [1.29, 1.82) is 0 Å². The molecule has 2 fully saturated rings. The summed E-state index contributed by atoms with van der Waals surface area (Å²) < 4.78 is 0. The van der Waals surface area contributed by atoms with Crippen LogP contribution in [0.15, 0.2) is 11.6 Å². The van der Waals surface area contributed by atoms with E-state index in [0.717, 1.165) is 35.5 Å². The first kappa shape index (κ1) is 14.2. The zero-order chi connectivity index (χ0) is 13.4. The molecule has 0 aliphatic heterocycles. The predicted octanol–water partition coefficient (Wildman–Crippen LogP) is 5.82. The summed E-state index contributed by atoms with van der Waals surface area (Å²) in [6, 6.07) is 0. The standard InChI is InChI=1S/C18H29Br/c1-12-9-14-7-8-17(18(14)10-13(12)2)16-6-4-3-5-15(16)11-19/h8,12-16,18H,3-7,9-11H2,1-2H3. The van der Waals surface area contributed by atoms with Crippen molar-refractivity contribution in [3.8, 4) is 0 Å². The lowest BCUT2D eigenvalue weighted by atomic mass is 9.65. The number of hydrogen-bond donors (Lipinski definition) is 0. The van der Waals surface area contributed by atoms with E-state index in [4.69, 9.17) is 0 Å². The van der Waals surface area contributed by atoms with E-state index in [1.54, 1.807) is 0 Å². The zero-order valence-electron chi connectivity index (χ0n) is 12.6. The highest BCUT2D eigenvalue weighted by Gasteiger charge is 2.41. The molecule has 0 spiro atoms. The Morgan fingerprint density at radius 2 is 1.79 bits per heavy atom. The molecule has 0 aromatic heterocycles. The average molecular weight is 325 g/mol. The summed E-state index contributed by atoms with van der Waals surface area (Å²) in [7, 11) is 0. The third-order valence-corrected chi connectivity index (χ3v) is 7.29. The molecular formula is C18H29Br. The van der Waals surface area contributed by atoms with E-state index in [9.17, 15) is 0 Å². The normalized spacial score (nSPS) is 46.8. The highest BCUT2D eigenvalue weighted by molar-refractivity contribution is 9.09. The van der Waals surface area contributed by atoms with Gasteiger partial charge in [-0.25, -0.2) is 0 Å². The largest absolute Gasteiger partial charge is 0.0925 e. The van der Waals surface area contributed by atoms with Crippen molar-refractivity contribution in [2.45, 2.75) is 58.8 Å². The van der Waals surface area contributed by atoms with Crippen LogP contribution in [0.3, 0.4) is 0 Å². The molecule has 1 heteroatoms. The van der Waals surface area contributed by atoms with Crippen LogP contribution >= 0.6 is 15.9 Å². The van der Waals surface area contributed by atoms with Gasteiger partial charge in [-0.3, -0.25) is 0 Å². The first-order chi connectivity index (χ1) is 9.20. The fraction of sp³-hybridized carbons (Fsp3) is 0.889. The van der Waals surface area contributed by atoms with E-state index in [2.05, 4.69) is 35.9 Å². The first-order valence-electron chi connectivity index (χ1n) is 8.46. The fourth-order valence-electron chi connectivity index (χ4n) is 5.06. The quantitative estimate of drug-likeness (QED) is 0.443. The maximum Gasteiger partial charge on any atom is 0.00653 e. The van der Waals surface area contributed by atoms with Gasteiger partial charge >= 0.3 is 0 Å². The third-order valence-electron chi connectivity index (χ3n) is 6.46. The van der Waals surface area contributed by atoms with Crippen LogP contribution in [0, 0.1) is 35.5 Å². The fourth-order valence-corrected chi connectivity index (χ4v) is 5.84. The van der Waals surface area contributed by atoms with Crippen LogP contribution in [-0.4, -0.2) is 5.33 Å². The lowest BCUT2D eigenvalue weighted by Crippen LogP contribution is -2.32. The van der Waals surface area contributed by atoms with Gasteiger partial charge in [-0.15, -0.1) is 0 Å². The first-order valence-corrected chi connectivity index (χ1v) is 9.58. The van der Waals surface area contributed by atoms with Gasteiger partial charge in [-0.1, -0.05) is 54.3 Å². The third kappa shape index (κ3) is 2.69. The molecule has 0 N–H and O–H groups in total. The topological polar surface area (TPSA) is 0 Å². The van der Waals surface area contributed by atoms with Crippen LogP contribution in [0.5, 0.6) is 0 Å². The van der Waals surface area contributed by atoms with Gasteiger partial charge in [0, 0.05) is 5.33 Å². The van der Waals surface area contributed by atoms with Crippen molar-refractivity contribution in [2.24, 2.45) is 35.5 Å². The molecule has 0 amide bonds. The van der Waals surface area contributed by atoms with E-state index in [1.165, 1.54) is 50.3 Å². The molecule has 0 heterocycles. The minimum absolute atomic E-state index is 0.920. The Morgan fingerprint density at radius 1 is 1.05 bits per heavy atom. The second-order valence-electron chi connectivity index (χ2n) is 7.54. The molecule has 0 aromatic carbocycles. The number of allylic oxidation sites excluding steroid dienone is 2. The summed E-state index contributed by atoms with van der Waals surface area (Å²) in [4.78, 5) is 0. The molecule has 3 rings (SSSR count). The summed E-state index contributed by atoms with van der Waals surface area (Å²) >= 11 is 3.78. The number of hydrogen-bond acceptors (Lipinski definition) is 0.